The second-order valence-electron chi connectivity index (χ2n) is 3.83. The first kappa shape index (κ1) is 13.2. The number of rotatable bonds is 4. The van der Waals surface area contributed by atoms with Crippen molar-refractivity contribution in [3.05, 3.63) is 35.9 Å². The van der Waals surface area contributed by atoms with E-state index in [2.05, 4.69) is 4.74 Å². The fraction of sp³-hybridized carbons (Fsp3) is 0.385. The van der Waals surface area contributed by atoms with E-state index in [1.54, 1.807) is 6.92 Å². The molecule has 0 saturated carbocycles. The molecule has 0 unspecified atom stereocenters. The normalized spacial score (nSPS) is 11.7. The van der Waals surface area contributed by atoms with Crippen molar-refractivity contribution >= 4 is 11.9 Å². The van der Waals surface area contributed by atoms with Gasteiger partial charge in [0.1, 0.15) is 6.04 Å². The van der Waals surface area contributed by atoms with E-state index in [4.69, 9.17) is 0 Å². The summed E-state index contributed by atoms with van der Waals surface area (Å²) in [5.74, 6) is -0.553. The monoisotopic (exact) mass is 235 g/mol. The summed E-state index contributed by atoms with van der Waals surface area (Å²) >= 11 is 0. The summed E-state index contributed by atoms with van der Waals surface area (Å²) in [6.45, 7) is 3.52. The van der Waals surface area contributed by atoms with E-state index in [-0.39, 0.29) is 5.91 Å². The topological polar surface area (TPSA) is 46.6 Å². The van der Waals surface area contributed by atoms with Gasteiger partial charge in [-0.3, -0.25) is 4.79 Å². The first-order chi connectivity index (χ1) is 8.06. The second kappa shape index (κ2) is 6.03. The van der Waals surface area contributed by atoms with Gasteiger partial charge in [-0.1, -0.05) is 30.3 Å². The molecule has 1 aromatic rings. The zero-order chi connectivity index (χ0) is 12.8. The summed E-state index contributed by atoms with van der Waals surface area (Å²) in [5.41, 5.74) is 0.985. The fourth-order valence-corrected chi connectivity index (χ4v) is 1.60. The Kier molecular flexibility index (Phi) is 4.69. The van der Waals surface area contributed by atoms with Crippen molar-refractivity contribution in [1.29, 1.82) is 0 Å². The minimum absolute atomic E-state index is 0.147. The Hall–Kier alpha value is -1.84. The van der Waals surface area contributed by atoms with Gasteiger partial charge in [0.15, 0.2) is 0 Å². The van der Waals surface area contributed by atoms with E-state index >= 15 is 0 Å². The molecule has 1 atom stereocenters. The van der Waals surface area contributed by atoms with E-state index in [1.165, 1.54) is 18.9 Å². The van der Waals surface area contributed by atoms with Crippen LogP contribution in [-0.4, -0.2) is 29.9 Å². The number of methoxy groups -OCH3 is 1. The molecule has 0 fully saturated rings. The fourth-order valence-electron chi connectivity index (χ4n) is 1.60. The summed E-state index contributed by atoms with van der Waals surface area (Å²) in [6.07, 6.45) is 0. The molecule has 1 rings (SSSR count). The van der Waals surface area contributed by atoms with Gasteiger partial charge in [0.25, 0.3) is 0 Å². The summed E-state index contributed by atoms with van der Waals surface area (Å²) in [5, 5.41) is 0. The average molecular weight is 235 g/mol. The molecule has 0 aromatic heterocycles. The smallest absolute Gasteiger partial charge is 0.328 e. The third-order valence-electron chi connectivity index (χ3n) is 2.61. The summed E-state index contributed by atoms with van der Waals surface area (Å²) in [4.78, 5) is 24.4. The molecule has 0 bridgehead atoms. The highest BCUT2D eigenvalue weighted by atomic mass is 16.5. The van der Waals surface area contributed by atoms with Crippen molar-refractivity contribution in [1.82, 2.24) is 4.90 Å². The quantitative estimate of drug-likeness (QED) is 0.745. The van der Waals surface area contributed by atoms with Crippen LogP contribution in [0.15, 0.2) is 30.3 Å². The molecule has 1 amide bonds. The van der Waals surface area contributed by atoms with Crippen LogP contribution in [0, 0.1) is 0 Å². The first-order valence-corrected chi connectivity index (χ1v) is 5.45. The average Bonchev–Trinajstić information content (AvgIpc) is 2.35. The largest absolute Gasteiger partial charge is 0.467 e. The molecule has 1 aromatic carbocycles. The van der Waals surface area contributed by atoms with Crippen LogP contribution in [0.25, 0.3) is 0 Å². The predicted octanol–water partition coefficient (Wildman–Crippen LogP) is 1.60. The minimum Gasteiger partial charge on any atom is -0.467 e. The molecule has 4 nitrogen and oxygen atoms in total. The highest BCUT2D eigenvalue weighted by molar-refractivity contribution is 5.82. The number of benzene rings is 1. The molecule has 0 heterocycles. The van der Waals surface area contributed by atoms with Gasteiger partial charge in [0.05, 0.1) is 7.11 Å². The van der Waals surface area contributed by atoms with Gasteiger partial charge in [-0.15, -0.1) is 0 Å². The zero-order valence-corrected chi connectivity index (χ0v) is 10.3. The molecule has 0 N–H and O–H groups in total. The van der Waals surface area contributed by atoms with Gasteiger partial charge < -0.3 is 9.64 Å². The van der Waals surface area contributed by atoms with E-state index in [0.29, 0.717) is 6.54 Å². The van der Waals surface area contributed by atoms with Gasteiger partial charge in [-0.2, -0.15) is 0 Å². The molecule has 0 aliphatic rings. The van der Waals surface area contributed by atoms with Gasteiger partial charge in [0, 0.05) is 13.5 Å². The number of amides is 1. The van der Waals surface area contributed by atoms with Crippen molar-refractivity contribution in [2.45, 2.75) is 26.4 Å². The third kappa shape index (κ3) is 3.59. The molecule has 92 valence electrons. The summed E-state index contributed by atoms with van der Waals surface area (Å²) in [7, 11) is 1.32. The van der Waals surface area contributed by atoms with Gasteiger partial charge in [0.2, 0.25) is 5.91 Å². The maximum atomic E-state index is 11.5. The Morgan fingerprint density at radius 1 is 1.29 bits per heavy atom. The second-order valence-corrected chi connectivity index (χ2v) is 3.83. The molecule has 4 heteroatoms. The van der Waals surface area contributed by atoms with E-state index in [1.807, 2.05) is 30.3 Å². The van der Waals surface area contributed by atoms with Gasteiger partial charge in [-0.25, -0.2) is 4.79 Å². The Balaban J connectivity index is 2.81. The molecule has 0 spiro atoms. The number of nitrogens with zero attached hydrogens (tertiary/aromatic N) is 1. The molecular formula is C13H17NO3. The summed E-state index contributed by atoms with van der Waals surface area (Å²) in [6, 6.07) is 8.97. The highest BCUT2D eigenvalue weighted by Gasteiger charge is 2.24. The SMILES string of the molecule is COC(=O)[C@H](C)N(Cc1ccccc1)C(C)=O. The van der Waals surface area contributed by atoms with Crippen molar-refractivity contribution in [2.24, 2.45) is 0 Å². The van der Waals surface area contributed by atoms with E-state index in [0.717, 1.165) is 5.56 Å². The van der Waals surface area contributed by atoms with Crippen LogP contribution >= 0.6 is 0 Å². The lowest BCUT2D eigenvalue weighted by atomic mass is 10.2. The lowest BCUT2D eigenvalue weighted by molar-refractivity contribution is -0.151. The maximum Gasteiger partial charge on any atom is 0.328 e. The molecular weight excluding hydrogens is 218 g/mol. The Bertz CT molecular complexity index is 389. The molecule has 17 heavy (non-hydrogen) atoms. The lowest BCUT2D eigenvalue weighted by Crippen LogP contribution is -2.42. The van der Waals surface area contributed by atoms with E-state index < -0.39 is 12.0 Å². The number of esters is 1. The van der Waals surface area contributed by atoms with Gasteiger partial charge in [-0.05, 0) is 12.5 Å². The Morgan fingerprint density at radius 2 is 1.88 bits per heavy atom. The van der Waals surface area contributed by atoms with Crippen molar-refractivity contribution in [3.8, 4) is 0 Å². The molecule has 0 saturated heterocycles. The molecule has 0 aliphatic carbocycles. The predicted molar refractivity (Wildman–Crippen MR) is 64.1 cm³/mol. The van der Waals surface area contributed by atoms with Crippen LogP contribution in [0.4, 0.5) is 0 Å². The third-order valence-corrected chi connectivity index (χ3v) is 2.61. The zero-order valence-electron chi connectivity index (χ0n) is 10.3. The minimum atomic E-state index is -0.572. The Morgan fingerprint density at radius 3 is 2.35 bits per heavy atom. The van der Waals surface area contributed by atoms with Crippen LogP contribution < -0.4 is 0 Å². The van der Waals surface area contributed by atoms with Crippen molar-refractivity contribution < 1.29 is 14.3 Å². The van der Waals surface area contributed by atoms with Crippen molar-refractivity contribution in [3.63, 3.8) is 0 Å². The van der Waals surface area contributed by atoms with Crippen LogP contribution in [0.3, 0.4) is 0 Å². The summed E-state index contributed by atoms with van der Waals surface area (Å²) < 4.78 is 4.65. The number of hydrogen-bond donors (Lipinski definition) is 0. The standard InChI is InChI=1S/C13H17NO3/c1-10(13(16)17-3)14(11(2)15)9-12-7-5-4-6-8-12/h4-8,10H,9H2,1-3H3/t10-/m0/s1. The van der Waals surface area contributed by atoms with Crippen molar-refractivity contribution in [2.75, 3.05) is 7.11 Å². The number of ether oxygens (including phenoxy) is 1. The van der Waals surface area contributed by atoms with E-state index in [9.17, 15) is 9.59 Å². The van der Waals surface area contributed by atoms with Crippen LogP contribution in [0.1, 0.15) is 19.4 Å². The highest BCUT2D eigenvalue weighted by Crippen LogP contribution is 2.09. The number of carbonyl (C=O) groups excluding carboxylic acids is 2. The Labute approximate surface area is 101 Å². The maximum absolute atomic E-state index is 11.5. The first-order valence-electron chi connectivity index (χ1n) is 5.45. The molecule has 0 radical (unpaired) electrons. The van der Waals surface area contributed by atoms with Gasteiger partial charge >= 0.3 is 5.97 Å². The van der Waals surface area contributed by atoms with Crippen LogP contribution in [0.5, 0.6) is 0 Å². The number of carbonyl (C=O) groups is 2. The molecule has 0 aliphatic heterocycles. The van der Waals surface area contributed by atoms with Crippen LogP contribution in [-0.2, 0) is 20.9 Å². The number of hydrogen-bond acceptors (Lipinski definition) is 3. The lowest BCUT2D eigenvalue weighted by Gasteiger charge is -2.26. The van der Waals surface area contributed by atoms with Crippen LogP contribution in [0.2, 0.25) is 0 Å².